The molecular formula is C24H21F3N4O7. The molecule has 1 aliphatic carbocycles. The fourth-order valence-electron chi connectivity index (χ4n) is 4.04. The van der Waals surface area contributed by atoms with Gasteiger partial charge in [-0.15, -0.1) is 0 Å². The second-order valence-electron chi connectivity index (χ2n) is 8.22. The lowest BCUT2D eigenvalue weighted by molar-refractivity contribution is -0.192. The third kappa shape index (κ3) is 5.68. The third-order valence-corrected chi connectivity index (χ3v) is 5.77. The van der Waals surface area contributed by atoms with Crippen molar-refractivity contribution >= 4 is 17.8 Å². The van der Waals surface area contributed by atoms with Gasteiger partial charge in [-0.25, -0.2) is 9.59 Å². The van der Waals surface area contributed by atoms with Crippen LogP contribution < -0.4 is 14.8 Å². The van der Waals surface area contributed by atoms with Crippen molar-refractivity contribution in [3.63, 3.8) is 0 Å². The Labute approximate surface area is 212 Å². The first-order valence-corrected chi connectivity index (χ1v) is 11.3. The largest absolute Gasteiger partial charge is 0.490 e. The van der Waals surface area contributed by atoms with E-state index in [2.05, 4.69) is 15.4 Å². The number of nitrogens with zero attached hydrogens (tertiary/aromatic N) is 3. The number of hydrogen-bond acceptors (Lipinski definition) is 7. The number of carbonyl (C=O) groups is 3. The summed E-state index contributed by atoms with van der Waals surface area (Å²) in [6.07, 6.45) is 0.326. The summed E-state index contributed by atoms with van der Waals surface area (Å²) in [4.78, 5) is 37.4. The van der Waals surface area contributed by atoms with Gasteiger partial charge >= 0.3 is 18.1 Å². The molecule has 38 heavy (non-hydrogen) atoms. The van der Waals surface area contributed by atoms with Gasteiger partial charge in [0.25, 0.3) is 5.91 Å². The Balaban J connectivity index is 0.000000426. The molecule has 5 rings (SSSR count). The molecule has 0 saturated heterocycles. The van der Waals surface area contributed by atoms with E-state index in [0.29, 0.717) is 48.7 Å². The summed E-state index contributed by atoms with van der Waals surface area (Å²) in [6, 6.07) is 6.91. The zero-order valence-electron chi connectivity index (χ0n) is 19.6. The zero-order chi connectivity index (χ0) is 27.4. The number of ether oxygens (including phenoxy) is 2. The number of nitrogens with one attached hydrogen (secondary N) is 1. The molecule has 2 aromatic heterocycles. The summed E-state index contributed by atoms with van der Waals surface area (Å²) < 4.78 is 43.8. The quantitative estimate of drug-likeness (QED) is 0.405. The third-order valence-electron chi connectivity index (χ3n) is 5.77. The highest BCUT2D eigenvalue weighted by molar-refractivity contribution is 5.95. The van der Waals surface area contributed by atoms with Gasteiger partial charge in [0.1, 0.15) is 5.69 Å². The smallest absolute Gasteiger partial charge is 0.477 e. The molecule has 14 heteroatoms. The van der Waals surface area contributed by atoms with E-state index >= 15 is 0 Å². The predicted octanol–water partition coefficient (Wildman–Crippen LogP) is 2.92. The number of benzene rings is 1. The van der Waals surface area contributed by atoms with Gasteiger partial charge < -0.3 is 25.0 Å². The number of aromatic carboxylic acids is 1. The Hall–Kier alpha value is -4.62. The first-order chi connectivity index (χ1) is 18.1. The van der Waals surface area contributed by atoms with Gasteiger partial charge in [-0.05, 0) is 49.1 Å². The number of aryl methyl sites for hydroxylation is 2. The molecule has 0 fully saturated rings. The maximum Gasteiger partial charge on any atom is 0.490 e. The molecule has 0 unspecified atom stereocenters. The van der Waals surface area contributed by atoms with Gasteiger partial charge in [-0.2, -0.15) is 18.3 Å². The van der Waals surface area contributed by atoms with E-state index in [0.717, 1.165) is 23.1 Å². The topological polar surface area (TPSA) is 153 Å². The molecular weight excluding hydrogens is 513 g/mol. The highest BCUT2D eigenvalue weighted by atomic mass is 19.4. The normalized spacial score (nSPS) is 13.0. The Morgan fingerprint density at radius 3 is 2.53 bits per heavy atom. The minimum absolute atomic E-state index is 0.154. The maximum atomic E-state index is 12.4. The number of amides is 1. The van der Waals surface area contributed by atoms with E-state index in [1.807, 2.05) is 12.3 Å². The number of rotatable bonds is 6. The summed E-state index contributed by atoms with van der Waals surface area (Å²) >= 11 is 0. The molecule has 1 aromatic carbocycles. The van der Waals surface area contributed by atoms with Crippen molar-refractivity contribution in [3.05, 3.63) is 59.0 Å². The van der Waals surface area contributed by atoms with Crippen LogP contribution in [0.3, 0.4) is 0 Å². The number of carbonyl (C=O) groups excluding carboxylic acids is 1. The molecule has 0 radical (unpaired) electrons. The van der Waals surface area contributed by atoms with E-state index < -0.39 is 18.1 Å². The molecule has 1 aliphatic heterocycles. The Kier molecular flexibility index (Phi) is 7.50. The van der Waals surface area contributed by atoms with Gasteiger partial charge in [-0.1, -0.05) is 0 Å². The highest BCUT2D eigenvalue weighted by Gasteiger charge is 2.38. The number of fused-ring (bicyclic) bond motifs is 4. The van der Waals surface area contributed by atoms with Crippen LogP contribution in [0.5, 0.6) is 11.5 Å². The van der Waals surface area contributed by atoms with Crippen molar-refractivity contribution in [2.45, 2.75) is 32.0 Å². The molecule has 0 bridgehead atoms. The summed E-state index contributed by atoms with van der Waals surface area (Å²) in [6.45, 7) is 0.926. The first kappa shape index (κ1) is 26.4. The molecule has 3 aromatic rings. The number of hydrogen-bond donors (Lipinski definition) is 3. The van der Waals surface area contributed by atoms with Crippen molar-refractivity contribution < 1.29 is 47.2 Å². The first-order valence-electron chi connectivity index (χ1n) is 11.3. The van der Waals surface area contributed by atoms with E-state index in [4.69, 9.17) is 19.4 Å². The molecule has 0 atom stereocenters. The number of alkyl halides is 3. The number of aromatic nitrogens is 3. The van der Waals surface area contributed by atoms with E-state index in [1.54, 1.807) is 24.4 Å². The number of carboxylic acids is 2. The van der Waals surface area contributed by atoms with E-state index in [-0.39, 0.29) is 18.4 Å². The van der Waals surface area contributed by atoms with Crippen LogP contribution in [0.25, 0.3) is 11.3 Å². The number of aliphatic carboxylic acids is 1. The molecule has 0 spiro atoms. The van der Waals surface area contributed by atoms with Gasteiger partial charge in [0.2, 0.25) is 6.79 Å². The molecule has 3 N–H and O–H groups in total. The highest BCUT2D eigenvalue weighted by Crippen LogP contribution is 2.34. The Bertz CT molecular complexity index is 1390. The minimum Gasteiger partial charge on any atom is -0.477 e. The molecule has 200 valence electrons. The fourth-order valence-corrected chi connectivity index (χ4v) is 4.04. The van der Waals surface area contributed by atoms with Crippen molar-refractivity contribution in [1.82, 2.24) is 20.1 Å². The molecule has 0 saturated carbocycles. The summed E-state index contributed by atoms with van der Waals surface area (Å²) in [5.41, 5.74) is 4.19. The van der Waals surface area contributed by atoms with Crippen LogP contribution >= 0.6 is 0 Å². The van der Waals surface area contributed by atoms with Crippen molar-refractivity contribution in [2.75, 3.05) is 13.3 Å². The van der Waals surface area contributed by atoms with Crippen LogP contribution in [0.2, 0.25) is 0 Å². The second kappa shape index (κ2) is 10.8. The minimum atomic E-state index is -5.08. The van der Waals surface area contributed by atoms with E-state index in [1.165, 1.54) is 4.68 Å². The monoisotopic (exact) mass is 534 g/mol. The standard InChI is InChI=1S/C22H20N4O5.C2HF3O2/c27-21(13-3-5-17-18(10-13)31-12-30-17)24-7-1-9-26-20(22(28)29)16-4-2-14-11-23-8-6-15(14)19(16)25-26;3-2(4,5)1(6)7/h3,5-6,8,10-11H,1-2,4,7,9,12H2,(H,24,27)(H,28,29);(H,6,7). The average Bonchev–Trinajstić information content (AvgIpc) is 3.50. The Morgan fingerprint density at radius 2 is 1.82 bits per heavy atom. The summed E-state index contributed by atoms with van der Waals surface area (Å²) in [7, 11) is 0. The van der Waals surface area contributed by atoms with Gasteiger partial charge in [-0.3, -0.25) is 14.5 Å². The second-order valence-corrected chi connectivity index (χ2v) is 8.22. The molecule has 11 nitrogen and oxygen atoms in total. The zero-order valence-corrected chi connectivity index (χ0v) is 19.6. The van der Waals surface area contributed by atoms with Crippen molar-refractivity contribution in [1.29, 1.82) is 0 Å². The summed E-state index contributed by atoms with van der Waals surface area (Å²) in [5.74, 6) is -2.80. The summed E-state index contributed by atoms with van der Waals surface area (Å²) in [5, 5.41) is 24.3. The van der Waals surface area contributed by atoms with Gasteiger partial charge in [0.05, 0.1) is 5.69 Å². The molecule has 2 aliphatic rings. The predicted molar refractivity (Wildman–Crippen MR) is 123 cm³/mol. The lowest BCUT2D eigenvalue weighted by Crippen LogP contribution is -2.25. The molecule has 1 amide bonds. The fraction of sp³-hybridized carbons (Fsp3) is 0.292. The van der Waals surface area contributed by atoms with Crippen LogP contribution in [-0.4, -0.2) is 62.3 Å². The van der Waals surface area contributed by atoms with Crippen LogP contribution in [0.4, 0.5) is 13.2 Å². The molecule has 3 heterocycles. The lowest BCUT2D eigenvalue weighted by atomic mass is 9.90. The van der Waals surface area contributed by atoms with Gasteiger partial charge in [0.15, 0.2) is 11.5 Å². The number of carboxylic acid groups (broad SMARTS) is 2. The van der Waals surface area contributed by atoms with Crippen LogP contribution in [0.15, 0.2) is 36.7 Å². The number of halogens is 3. The van der Waals surface area contributed by atoms with Crippen molar-refractivity contribution in [2.24, 2.45) is 0 Å². The van der Waals surface area contributed by atoms with Crippen LogP contribution in [0.1, 0.15) is 38.4 Å². The maximum absolute atomic E-state index is 12.4. The number of pyridine rings is 1. The van der Waals surface area contributed by atoms with Crippen LogP contribution in [-0.2, 0) is 24.2 Å². The van der Waals surface area contributed by atoms with Crippen LogP contribution in [0, 0.1) is 0 Å². The van der Waals surface area contributed by atoms with Gasteiger partial charge in [0, 0.05) is 42.2 Å². The average molecular weight is 534 g/mol. The Morgan fingerprint density at radius 1 is 1.08 bits per heavy atom. The van der Waals surface area contributed by atoms with Crippen molar-refractivity contribution in [3.8, 4) is 22.8 Å². The van der Waals surface area contributed by atoms with E-state index in [9.17, 15) is 27.9 Å². The lowest BCUT2D eigenvalue weighted by Gasteiger charge is -2.14. The SMILES string of the molecule is O=C(NCCCn1nc2c(c1C(=O)O)CCc1cnccc1-2)c1ccc2c(c1)OCO2.O=C(O)C(F)(F)F.